The van der Waals surface area contributed by atoms with Crippen LogP contribution in [0, 0.1) is 0 Å². The first-order valence-electron chi connectivity index (χ1n) is 27.8. The molecule has 0 aliphatic carbocycles. The number of nitrogens with one attached hydrogen (secondary N) is 9. The van der Waals surface area contributed by atoms with Gasteiger partial charge in [-0.2, -0.15) is 0 Å². The minimum absolute atomic E-state index is 0.000336. The molecule has 82 heavy (non-hydrogen) atoms. The monoisotopic (exact) mass is 1120 g/mol. The van der Waals surface area contributed by atoms with Gasteiger partial charge in [-0.3, -0.25) is 43.2 Å². The Morgan fingerprint density at radius 3 is 1.57 bits per heavy atom. The van der Waals surface area contributed by atoms with E-state index < -0.39 is 102 Å². The summed E-state index contributed by atoms with van der Waals surface area (Å²) in [5.41, 5.74) is 15.6. The van der Waals surface area contributed by atoms with E-state index in [1.54, 1.807) is 67.0 Å². The van der Waals surface area contributed by atoms with E-state index in [1.807, 2.05) is 54.6 Å². The predicted molar refractivity (Wildman–Crippen MR) is 308 cm³/mol. The maximum atomic E-state index is 15.1. The van der Waals surface area contributed by atoms with Crippen molar-refractivity contribution in [3.05, 3.63) is 144 Å². The van der Waals surface area contributed by atoms with E-state index in [0.717, 1.165) is 26.7 Å². The maximum absolute atomic E-state index is 15.1. The highest BCUT2D eigenvalue weighted by atomic mass is 16.3. The molecule has 2 aromatic heterocycles. The Morgan fingerprint density at radius 2 is 1.04 bits per heavy atom. The topological polar surface area (TPSA) is 345 Å². The SMILES string of the molecule is C[C@@H](O)[C@@H]1NC(=O)[C@H](CCCCN)NC(=O)C(Cc2c[nH]c3ccccc23)NC(=O)[C@H](Cc2c[nH]c3ccccc23)NC(=O)C(Cc2ccccc2)NC(=O)CCCNC(=O)CCCN(CC(N)=O)C(=O)C(Cc2ccccc2)NC1=O. The number of benzene rings is 4. The number of carbonyl (C=O) groups is 9. The first-order chi connectivity index (χ1) is 39.6. The first kappa shape index (κ1) is 60.7. The van der Waals surface area contributed by atoms with Crippen molar-refractivity contribution >= 4 is 75.0 Å². The standard InChI is InChI=1S/C60H74N12O10/c1-37(73)54-59(81)70-50(31-39-18-6-3-7-19-39)60(82)72(36-51(62)74)29-15-26-52(75)63-28-14-25-53(76)66-47(30-38-16-4-2-5-17-38)56(78)68-49(33-41-35-65-45-23-11-9-21-43(41)45)58(80)69-48(32-40-34-64-44-22-10-8-20-42(40)44)57(79)67-46(55(77)71-54)24-12-13-27-61/h2-11,16-23,34-35,37,46-50,54,64-65,73H,12-15,24-33,36,61H2,1H3,(H2,62,74)(H,63,75)(H,66,76)(H,67,79)(H,68,78)(H,69,80)(H,70,81)(H,71,77)/t37-,46+,47?,48?,49+,50?,54+/m1/s1. The lowest BCUT2D eigenvalue weighted by Crippen LogP contribution is -2.62. The van der Waals surface area contributed by atoms with Gasteiger partial charge in [-0.1, -0.05) is 97.1 Å². The number of nitrogens with zero attached hydrogens (tertiary/aromatic N) is 1. The third-order valence-electron chi connectivity index (χ3n) is 14.3. The van der Waals surface area contributed by atoms with Crippen LogP contribution in [-0.4, -0.2) is 142 Å². The van der Waals surface area contributed by atoms with E-state index in [-0.39, 0.29) is 77.4 Å². The van der Waals surface area contributed by atoms with Crippen LogP contribution >= 0.6 is 0 Å². The van der Waals surface area contributed by atoms with E-state index in [2.05, 4.69) is 47.2 Å². The molecule has 0 radical (unpaired) electrons. The Bertz CT molecular complexity index is 3160. The number of para-hydroxylation sites is 2. The smallest absolute Gasteiger partial charge is 0.245 e. The quantitative estimate of drug-likeness (QED) is 0.0651. The second kappa shape index (κ2) is 30.1. The molecule has 7 rings (SSSR count). The molecule has 3 heterocycles. The summed E-state index contributed by atoms with van der Waals surface area (Å²) in [4.78, 5) is 135. The zero-order valence-corrected chi connectivity index (χ0v) is 45.9. The maximum Gasteiger partial charge on any atom is 0.245 e. The van der Waals surface area contributed by atoms with Crippen molar-refractivity contribution < 1.29 is 48.3 Å². The summed E-state index contributed by atoms with van der Waals surface area (Å²) < 4.78 is 0. The van der Waals surface area contributed by atoms with Crippen LogP contribution in [0.15, 0.2) is 122 Å². The normalized spacial score (nSPS) is 21.4. The zero-order chi connectivity index (χ0) is 58.5. The number of carbonyl (C=O) groups excluding carboxylic acids is 9. The molecule has 4 aromatic carbocycles. The number of unbranched alkanes of at least 4 members (excludes halogenated alkanes) is 1. The molecule has 22 nitrogen and oxygen atoms in total. The van der Waals surface area contributed by atoms with Gasteiger partial charge in [0.1, 0.15) is 36.3 Å². The number of aromatic nitrogens is 2. The molecular weight excluding hydrogens is 1050 g/mol. The van der Waals surface area contributed by atoms with Crippen LogP contribution in [0.3, 0.4) is 0 Å². The molecule has 6 aromatic rings. The fraction of sp³-hybridized carbons (Fsp3) is 0.383. The van der Waals surface area contributed by atoms with Crippen LogP contribution in [-0.2, 0) is 68.8 Å². The third-order valence-corrected chi connectivity index (χ3v) is 14.3. The van der Waals surface area contributed by atoms with E-state index >= 15 is 9.59 Å². The predicted octanol–water partition coefficient (Wildman–Crippen LogP) is 1.34. The molecule has 22 heteroatoms. The van der Waals surface area contributed by atoms with E-state index in [9.17, 15) is 38.7 Å². The molecule has 0 saturated carbocycles. The number of hydrogen-bond donors (Lipinski definition) is 12. The van der Waals surface area contributed by atoms with Crippen LogP contribution in [0.25, 0.3) is 21.8 Å². The summed E-state index contributed by atoms with van der Waals surface area (Å²) in [6, 6.07) is 24.1. The number of amides is 9. The second-order valence-corrected chi connectivity index (χ2v) is 20.7. The van der Waals surface area contributed by atoms with Gasteiger partial charge >= 0.3 is 0 Å². The molecule has 434 valence electrons. The number of aliphatic hydroxyl groups excluding tert-OH is 1. The van der Waals surface area contributed by atoms with Gasteiger partial charge in [0.25, 0.3) is 0 Å². The minimum Gasteiger partial charge on any atom is -0.391 e. The van der Waals surface area contributed by atoms with Gasteiger partial charge in [0.15, 0.2) is 0 Å². The summed E-state index contributed by atoms with van der Waals surface area (Å²) in [5.74, 6) is -6.62. The van der Waals surface area contributed by atoms with Crippen LogP contribution in [0.5, 0.6) is 0 Å². The number of aliphatic hydroxyl groups is 1. The van der Waals surface area contributed by atoms with Gasteiger partial charge in [-0.05, 0) is 80.0 Å². The lowest BCUT2D eigenvalue weighted by atomic mass is 10.00. The highest BCUT2D eigenvalue weighted by molar-refractivity contribution is 5.98. The molecule has 9 amide bonds. The first-order valence-corrected chi connectivity index (χ1v) is 27.8. The van der Waals surface area contributed by atoms with Gasteiger partial charge in [-0.15, -0.1) is 0 Å². The highest BCUT2D eigenvalue weighted by Crippen LogP contribution is 2.22. The molecule has 3 unspecified atom stereocenters. The van der Waals surface area contributed by atoms with Gasteiger partial charge in [-0.25, -0.2) is 0 Å². The number of primary amides is 1. The fourth-order valence-electron chi connectivity index (χ4n) is 10.0. The van der Waals surface area contributed by atoms with E-state index in [4.69, 9.17) is 11.5 Å². The lowest BCUT2D eigenvalue weighted by molar-refractivity contribution is -0.140. The van der Waals surface area contributed by atoms with Crippen LogP contribution in [0.2, 0.25) is 0 Å². The number of hydrogen-bond acceptors (Lipinski definition) is 11. The third kappa shape index (κ3) is 17.6. The average Bonchev–Trinajstić information content (AvgIpc) is 4.31. The summed E-state index contributed by atoms with van der Waals surface area (Å²) in [7, 11) is 0. The Morgan fingerprint density at radius 1 is 0.561 bits per heavy atom. The molecule has 1 saturated heterocycles. The summed E-state index contributed by atoms with van der Waals surface area (Å²) in [6.07, 6.45) is 2.46. The molecule has 1 aliphatic rings. The van der Waals surface area contributed by atoms with Crippen molar-refractivity contribution in [2.75, 3.05) is 26.2 Å². The number of nitrogens with two attached hydrogens (primary N) is 2. The van der Waals surface area contributed by atoms with Crippen molar-refractivity contribution in [1.82, 2.24) is 52.1 Å². The molecule has 7 atom stereocenters. The van der Waals surface area contributed by atoms with Crippen LogP contribution in [0.1, 0.15) is 74.1 Å². The van der Waals surface area contributed by atoms with Crippen molar-refractivity contribution in [1.29, 1.82) is 0 Å². The van der Waals surface area contributed by atoms with Crippen molar-refractivity contribution in [2.45, 2.75) is 120 Å². The van der Waals surface area contributed by atoms with Crippen molar-refractivity contribution in [3.8, 4) is 0 Å². The lowest BCUT2D eigenvalue weighted by Gasteiger charge is -2.30. The van der Waals surface area contributed by atoms with E-state index in [0.29, 0.717) is 35.1 Å². The second-order valence-electron chi connectivity index (χ2n) is 20.7. The Kier molecular flexibility index (Phi) is 22.3. The molecule has 1 fully saturated rings. The number of rotatable bonds is 15. The van der Waals surface area contributed by atoms with Crippen molar-refractivity contribution in [2.24, 2.45) is 11.5 Å². The summed E-state index contributed by atoms with van der Waals surface area (Å²) in [6.45, 7) is 0.898. The number of H-pyrrole nitrogens is 2. The van der Waals surface area contributed by atoms with E-state index in [1.165, 1.54) is 6.92 Å². The minimum atomic E-state index is -1.70. The van der Waals surface area contributed by atoms with Gasteiger partial charge in [0.2, 0.25) is 53.2 Å². The molecule has 0 bridgehead atoms. The number of fused-ring (bicyclic) bond motifs is 2. The van der Waals surface area contributed by atoms with Crippen molar-refractivity contribution in [3.63, 3.8) is 0 Å². The molecular formula is C60H74N12O10. The van der Waals surface area contributed by atoms with Crippen LogP contribution in [0.4, 0.5) is 0 Å². The van der Waals surface area contributed by atoms with Gasteiger partial charge < -0.3 is 68.7 Å². The highest BCUT2D eigenvalue weighted by Gasteiger charge is 2.36. The van der Waals surface area contributed by atoms with Gasteiger partial charge in [0.05, 0.1) is 12.6 Å². The Labute approximate surface area is 475 Å². The van der Waals surface area contributed by atoms with Gasteiger partial charge in [0, 0.05) is 85.8 Å². The Hall–Kier alpha value is -8.89. The number of aromatic amines is 2. The fourth-order valence-corrected chi connectivity index (χ4v) is 10.0. The Balaban J connectivity index is 1.26. The molecule has 1 aliphatic heterocycles. The summed E-state index contributed by atoms with van der Waals surface area (Å²) in [5, 5.41) is 32.2. The molecule has 0 spiro atoms. The van der Waals surface area contributed by atoms with Crippen LogP contribution < -0.4 is 48.7 Å². The summed E-state index contributed by atoms with van der Waals surface area (Å²) >= 11 is 0. The average molecular weight is 1120 g/mol. The molecule has 14 N–H and O–H groups in total. The largest absolute Gasteiger partial charge is 0.391 e. The zero-order valence-electron chi connectivity index (χ0n) is 45.9.